The first-order valence-corrected chi connectivity index (χ1v) is 10.5. The van der Waals surface area contributed by atoms with Crippen LogP contribution in [0.3, 0.4) is 0 Å². The molecule has 0 saturated carbocycles. The second-order valence-corrected chi connectivity index (χ2v) is 9.13. The van der Waals surface area contributed by atoms with E-state index in [1.165, 1.54) is 10.8 Å². The van der Waals surface area contributed by atoms with Crippen LogP contribution in [0.2, 0.25) is 5.02 Å². The number of nitrogens with zero attached hydrogens (tertiary/aromatic N) is 3. The summed E-state index contributed by atoms with van der Waals surface area (Å²) in [6.07, 6.45) is 5.03. The molecule has 0 aliphatic carbocycles. The summed E-state index contributed by atoms with van der Waals surface area (Å²) in [5, 5.41) is 0.277. The minimum absolute atomic E-state index is 0.0535. The molecule has 0 atom stereocenters. The van der Waals surface area contributed by atoms with Crippen LogP contribution in [0.25, 0.3) is 0 Å². The first kappa shape index (κ1) is 18.9. The fourth-order valence-corrected chi connectivity index (χ4v) is 5.31. The van der Waals surface area contributed by atoms with Crippen molar-refractivity contribution in [3.05, 3.63) is 47.2 Å². The molecule has 2 aromatic rings. The van der Waals surface area contributed by atoms with Crippen molar-refractivity contribution in [1.29, 1.82) is 0 Å². The molecule has 3 rings (SSSR count). The van der Waals surface area contributed by atoms with Gasteiger partial charge in [-0.25, -0.2) is 13.4 Å². The van der Waals surface area contributed by atoms with Crippen LogP contribution in [0.1, 0.15) is 24.8 Å². The van der Waals surface area contributed by atoms with Gasteiger partial charge >= 0.3 is 0 Å². The van der Waals surface area contributed by atoms with E-state index < -0.39 is 15.1 Å². The standard InChI is InChI=1S/C18H22ClN3O3S/c1-21-12-9-20-18(21)26(24,25)16-7-10-22(11-8-16)17(23)6-5-14-3-2-4-15(19)13-14/h2-4,9,12-13,16H,5-8,10-11H2,1H3. The summed E-state index contributed by atoms with van der Waals surface area (Å²) >= 11 is 5.96. The summed E-state index contributed by atoms with van der Waals surface area (Å²) in [7, 11) is -1.78. The molecule has 0 spiro atoms. The van der Waals surface area contributed by atoms with Crippen molar-refractivity contribution in [2.24, 2.45) is 7.05 Å². The maximum absolute atomic E-state index is 12.7. The van der Waals surface area contributed by atoms with Gasteiger partial charge in [-0.3, -0.25) is 4.79 Å². The second kappa shape index (κ2) is 7.80. The molecule has 6 nitrogen and oxygen atoms in total. The zero-order chi connectivity index (χ0) is 18.7. The van der Waals surface area contributed by atoms with Gasteiger partial charge in [-0.15, -0.1) is 0 Å². The Bertz CT molecular complexity index is 887. The minimum Gasteiger partial charge on any atom is -0.343 e. The summed E-state index contributed by atoms with van der Waals surface area (Å²) < 4.78 is 26.9. The summed E-state index contributed by atoms with van der Waals surface area (Å²) in [6, 6.07) is 7.49. The van der Waals surface area contributed by atoms with Gasteiger partial charge in [0.15, 0.2) is 0 Å². The third-order valence-electron chi connectivity index (χ3n) is 4.78. The van der Waals surface area contributed by atoms with E-state index in [1.807, 2.05) is 18.2 Å². The fourth-order valence-electron chi connectivity index (χ4n) is 3.29. The van der Waals surface area contributed by atoms with Crippen molar-refractivity contribution in [2.45, 2.75) is 36.1 Å². The summed E-state index contributed by atoms with van der Waals surface area (Å²) in [5.74, 6) is 0.0535. The number of benzene rings is 1. The highest BCUT2D eigenvalue weighted by molar-refractivity contribution is 7.91. The molecule has 1 aromatic heterocycles. The maximum Gasteiger partial charge on any atom is 0.227 e. The van der Waals surface area contributed by atoms with Crippen LogP contribution >= 0.6 is 11.6 Å². The Hall–Kier alpha value is -1.86. The zero-order valence-corrected chi connectivity index (χ0v) is 16.2. The topological polar surface area (TPSA) is 72.3 Å². The number of hydrogen-bond donors (Lipinski definition) is 0. The largest absolute Gasteiger partial charge is 0.343 e. The lowest BCUT2D eigenvalue weighted by atomic mass is 10.1. The van der Waals surface area contributed by atoms with E-state index in [9.17, 15) is 13.2 Å². The fraction of sp³-hybridized carbons (Fsp3) is 0.444. The first-order valence-electron chi connectivity index (χ1n) is 8.61. The SMILES string of the molecule is Cn1ccnc1S(=O)(=O)C1CCN(C(=O)CCc2cccc(Cl)c2)CC1. The lowest BCUT2D eigenvalue weighted by Crippen LogP contribution is -2.43. The van der Waals surface area contributed by atoms with E-state index in [2.05, 4.69) is 4.98 Å². The highest BCUT2D eigenvalue weighted by Gasteiger charge is 2.34. The van der Waals surface area contributed by atoms with Crippen molar-refractivity contribution >= 4 is 27.3 Å². The average molecular weight is 396 g/mol. The van der Waals surface area contributed by atoms with Gasteiger partial charge in [0.2, 0.25) is 20.9 Å². The molecule has 0 radical (unpaired) electrons. The number of carbonyl (C=O) groups is 1. The van der Waals surface area contributed by atoms with Crippen molar-refractivity contribution < 1.29 is 13.2 Å². The quantitative estimate of drug-likeness (QED) is 0.779. The van der Waals surface area contributed by atoms with Gasteiger partial charge < -0.3 is 9.47 Å². The molecule has 0 N–H and O–H groups in total. The Balaban J connectivity index is 1.55. The van der Waals surface area contributed by atoms with Gasteiger partial charge in [0.1, 0.15) is 0 Å². The van der Waals surface area contributed by atoms with Crippen LogP contribution in [0.5, 0.6) is 0 Å². The molecular weight excluding hydrogens is 374 g/mol. The van der Waals surface area contributed by atoms with Gasteiger partial charge in [0.05, 0.1) is 5.25 Å². The molecule has 8 heteroatoms. The van der Waals surface area contributed by atoms with Crippen LogP contribution in [0, 0.1) is 0 Å². The van der Waals surface area contributed by atoms with Crippen LogP contribution in [0.15, 0.2) is 41.8 Å². The molecule has 1 aliphatic heterocycles. The van der Waals surface area contributed by atoms with Crippen LogP contribution in [-0.4, -0.2) is 47.1 Å². The van der Waals surface area contributed by atoms with Crippen molar-refractivity contribution in [3.8, 4) is 0 Å². The average Bonchev–Trinajstić information content (AvgIpc) is 3.07. The predicted octanol–water partition coefficient (Wildman–Crippen LogP) is 2.47. The summed E-state index contributed by atoms with van der Waals surface area (Å²) in [5.41, 5.74) is 1.03. The molecule has 1 aliphatic rings. The van der Waals surface area contributed by atoms with Gasteiger partial charge in [0, 0.05) is 44.0 Å². The van der Waals surface area contributed by atoms with Crippen molar-refractivity contribution in [2.75, 3.05) is 13.1 Å². The molecule has 2 heterocycles. The maximum atomic E-state index is 12.7. The molecule has 0 unspecified atom stereocenters. The van der Waals surface area contributed by atoms with E-state index >= 15 is 0 Å². The number of amides is 1. The first-order chi connectivity index (χ1) is 12.4. The number of piperidine rings is 1. The van der Waals surface area contributed by atoms with E-state index in [-0.39, 0.29) is 11.1 Å². The lowest BCUT2D eigenvalue weighted by molar-refractivity contribution is -0.132. The Morgan fingerprint density at radius 3 is 2.65 bits per heavy atom. The van der Waals surface area contributed by atoms with E-state index in [0.29, 0.717) is 43.8 Å². The molecule has 1 saturated heterocycles. The number of rotatable bonds is 5. The molecule has 1 aromatic carbocycles. The van der Waals surface area contributed by atoms with Crippen molar-refractivity contribution in [3.63, 3.8) is 0 Å². The highest BCUT2D eigenvalue weighted by Crippen LogP contribution is 2.24. The number of hydrogen-bond acceptors (Lipinski definition) is 4. The van der Waals surface area contributed by atoms with Gasteiger partial charge in [0.25, 0.3) is 0 Å². The third-order valence-corrected chi connectivity index (χ3v) is 7.27. The monoisotopic (exact) mass is 395 g/mol. The number of imidazole rings is 1. The number of carbonyl (C=O) groups excluding carboxylic acids is 1. The number of likely N-dealkylation sites (tertiary alicyclic amines) is 1. The normalized spacial score (nSPS) is 16.0. The second-order valence-electron chi connectivity index (χ2n) is 6.58. The Labute approximate surface area is 158 Å². The lowest BCUT2D eigenvalue weighted by Gasteiger charge is -2.31. The van der Waals surface area contributed by atoms with Crippen LogP contribution in [-0.2, 0) is 28.1 Å². The van der Waals surface area contributed by atoms with Gasteiger partial charge in [-0.05, 0) is 37.0 Å². The Kier molecular flexibility index (Phi) is 5.67. The van der Waals surface area contributed by atoms with Crippen LogP contribution in [0.4, 0.5) is 0 Å². The van der Waals surface area contributed by atoms with Gasteiger partial charge in [-0.1, -0.05) is 23.7 Å². The molecule has 26 heavy (non-hydrogen) atoms. The molecule has 1 fully saturated rings. The van der Waals surface area contributed by atoms with Crippen molar-refractivity contribution in [1.82, 2.24) is 14.5 Å². The molecule has 140 valence electrons. The molecule has 1 amide bonds. The Morgan fingerprint density at radius 1 is 1.31 bits per heavy atom. The smallest absolute Gasteiger partial charge is 0.227 e. The molecular formula is C18H22ClN3O3S. The number of aromatic nitrogens is 2. The molecule has 0 bridgehead atoms. The summed E-state index contributed by atoms with van der Waals surface area (Å²) in [4.78, 5) is 18.2. The summed E-state index contributed by atoms with van der Waals surface area (Å²) in [6.45, 7) is 0.922. The van der Waals surface area contributed by atoms with Gasteiger partial charge in [-0.2, -0.15) is 0 Å². The van der Waals surface area contributed by atoms with Crippen LogP contribution < -0.4 is 0 Å². The predicted molar refractivity (Wildman–Crippen MR) is 99.8 cm³/mol. The van der Waals surface area contributed by atoms with E-state index in [0.717, 1.165) is 5.56 Å². The zero-order valence-electron chi connectivity index (χ0n) is 14.6. The van der Waals surface area contributed by atoms with E-state index in [4.69, 9.17) is 11.6 Å². The Morgan fingerprint density at radius 2 is 2.04 bits per heavy atom. The van der Waals surface area contributed by atoms with E-state index in [1.54, 1.807) is 24.2 Å². The highest BCUT2D eigenvalue weighted by atomic mass is 35.5. The number of sulfone groups is 1. The number of aryl methyl sites for hydroxylation is 2. The minimum atomic E-state index is -3.46. The third kappa shape index (κ3) is 4.10. The number of halogens is 1.